The van der Waals surface area contributed by atoms with Crippen LogP contribution in [0.1, 0.15) is 32.1 Å². The molecule has 8 nitrogen and oxygen atoms in total. The molecule has 4 rings (SSSR count). The van der Waals surface area contributed by atoms with Gasteiger partial charge in [-0.2, -0.15) is 0 Å². The van der Waals surface area contributed by atoms with E-state index in [2.05, 4.69) is 20.9 Å². The van der Waals surface area contributed by atoms with Crippen molar-refractivity contribution in [1.82, 2.24) is 10.3 Å². The summed E-state index contributed by atoms with van der Waals surface area (Å²) in [7, 11) is 0. The Bertz CT molecular complexity index is 919. The van der Waals surface area contributed by atoms with Crippen LogP contribution in [0.5, 0.6) is 0 Å². The largest absolute Gasteiger partial charge is 0.380 e. The van der Waals surface area contributed by atoms with E-state index in [1.54, 1.807) is 6.07 Å². The minimum Gasteiger partial charge on any atom is -0.380 e. The molecule has 0 atom stereocenters. The average molecular weight is 353 g/mol. The Labute approximate surface area is 149 Å². The molecule has 1 saturated carbocycles. The molecule has 134 valence electrons. The smallest absolute Gasteiger partial charge is 0.324 e. The van der Waals surface area contributed by atoms with Crippen LogP contribution in [0.3, 0.4) is 0 Å². The van der Waals surface area contributed by atoms with Crippen LogP contribution in [0.4, 0.5) is 22.7 Å². The van der Waals surface area contributed by atoms with Crippen molar-refractivity contribution in [3.63, 3.8) is 0 Å². The highest BCUT2D eigenvalue weighted by molar-refractivity contribution is 6.00. The van der Waals surface area contributed by atoms with Gasteiger partial charge in [-0.1, -0.05) is 37.5 Å². The molecular formula is C18H19N5O3. The lowest BCUT2D eigenvalue weighted by Gasteiger charge is -2.24. The van der Waals surface area contributed by atoms with Crippen LogP contribution in [0.25, 0.3) is 11.0 Å². The third kappa shape index (κ3) is 3.17. The van der Waals surface area contributed by atoms with Crippen LogP contribution in [0.2, 0.25) is 0 Å². The fourth-order valence-electron chi connectivity index (χ4n) is 3.46. The summed E-state index contributed by atoms with van der Waals surface area (Å²) < 4.78 is 4.82. The number of hydrogen-bond acceptors (Lipinski definition) is 7. The second-order valence-electron chi connectivity index (χ2n) is 6.51. The van der Waals surface area contributed by atoms with Crippen LogP contribution in [-0.4, -0.2) is 21.3 Å². The zero-order valence-corrected chi connectivity index (χ0v) is 14.1. The number of fused-ring (bicyclic) bond motifs is 1. The molecule has 0 aliphatic heterocycles. The summed E-state index contributed by atoms with van der Waals surface area (Å²) in [4.78, 5) is 11.2. The molecule has 0 spiro atoms. The van der Waals surface area contributed by atoms with Crippen molar-refractivity contribution in [2.24, 2.45) is 0 Å². The van der Waals surface area contributed by atoms with Gasteiger partial charge in [-0.25, -0.2) is 4.63 Å². The molecule has 2 N–H and O–H groups in total. The third-order valence-electron chi connectivity index (χ3n) is 4.71. The summed E-state index contributed by atoms with van der Waals surface area (Å²) in [6.07, 6.45) is 5.76. The van der Waals surface area contributed by atoms with E-state index in [4.69, 9.17) is 4.63 Å². The van der Waals surface area contributed by atoms with Crippen molar-refractivity contribution in [3.8, 4) is 0 Å². The van der Waals surface area contributed by atoms with Crippen molar-refractivity contribution in [1.29, 1.82) is 0 Å². The Morgan fingerprint density at radius 3 is 2.50 bits per heavy atom. The Morgan fingerprint density at radius 1 is 1.04 bits per heavy atom. The minimum absolute atomic E-state index is 0.140. The summed E-state index contributed by atoms with van der Waals surface area (Å²) in [5.41, 5.74) is 2.23. The van der Waals surface area contributed by atoms with Gasteiger partial charge in [-0.3, -0.25) is 10.1 Å². The molecule has 2 aromatic carbocycles. The van der Waals surface area contributed by atoms with Gasteiger partial charge in [0.2, 0.25) is 5.52 Å². The standard InChI is InChI=1S/C18H19N5O3/c24-23(25)18-15(20-13-9-5-2-6-10-13)11-14(16-17(18)22-26-21-16)19-12-7-3-1-4-8-12/h2,5-6,9-12,19-20H,1,3-4,7-8H2. The monoisotopic (exact) mass is 353 g/mol. The number of nitrogens with one attached hydrogen (secondary N) is 2. The normalized spacial score (nSPS) is 15.1. The maximum Gasteiger partial charge on any atom is 0.324 e. The minimum atomic E-state index is -0.456. The molecule has 0 unspecified atom stereocenters. The lowest BCUT2D eigenvalue weighted by Crippen LogP contribution is -2.22. The van der Waals surface area contributed by atoms with Crippen molar-refractivity contribution in [2.75, 3.05) is 10.6 Å². The Hall–Kier alpha value is -3.16. The van der Waals surface area contributed by atoms with Gasteiger partial charge in [0.25, 0.3) is 0 Å². The molecule has 3 aromatic rings. The molecule has 1 aliphatic carbocycles. The van der Waals surface area contributed by atoms with E-state index in [-0.39, 0.29) is 11.2 Å². The van der Waals surface area contributed by atoms with E-state index in [1.165, 1.54) is 19.3 Å². The van der Waals surface area contributed by atoms with E-state index in [0.717, 1.165) is 18.5 Å². The van der Waals surface area contributed by atoms with Gasteiger partial charge >= 0.3 is 5.69 Å². The van der Waals surface area contributed by atoms with E-state index in [0.29, 0.717) is 22.9 Å². The maximum absolute atomic E-state index is 11.7. The molecule has 0 bridgehead atoms. The third-order valence-corrected chi connectivity index (χ3v) is 4.71. The Balaban J connectivity index is 1.77. The predicted molar refractivity (Wildman–Crippen MR) is 98.7 cm³/mol. The molecule has 26 heavy (non-hydrogen) atoms. The Kier molecular flexibility index (Phi) is 4.39. The zero-order chi connectivity index (χ0) is 17.9. The molecular weight excluding hydrogens is 334 g/mol. The SMILES string of the molecule is O=[N+]([O-])c1c(Nc2ccccc2)cc(NC2CCCCC2)c2nonc12. The summed E-state index contributed by atoms with van der Waals surface area (Å²) in [5, 5.41) is 25.9. The molecule has 0 radical (unpaired) electrons. The molecule has 1 heterocycles. The maximum atomic E-state index is 11.7. The number of anilines is 3. The first-order valence-electron chi connectivity index (χ1n) is 8.74. The number of nitrogens with zero attached hydrogens (tertiary/aromatic N) is 3. The number of hydrogen-bond donors (Lipinski definition) is 2. The second-order valence-corrected chi connectivity index (χ2v) is 6.51. The highest BCUT2D eigenvalue weighted by Crippen LogP contribution is 2.39. The van der Waals surface area contributed by atoms with Gasteiger partial charge in [-0.05, 0) is 41.4 Å². The zero-order valence-electron chi connectivity index (χ0n) is 14.1. The number of benzene rings is 2. The highest BCUT2D eigenvalue weighted by Gasteiger charge is 2.27. The first-order valence-corrected chi connectivity index (χ1v) is 8.74. The van der Waals surface area contributed by atoms with E-state index in [9.17, 15) is 10.1 Å². The van der Waals surface area contributed by atoms with Gasteiger partial charge in [0.1, 0.15) is 5.69 Å². The topological polar surface area (TPSA) is 106 Å². The van der Waals surface area contributed by atoms with Crippen LogP contribution in [0, 0.1) is 10.1 Å². The van der Waals surface area contributed by atoms with E-state index >= 15 is 0 Å². The lowest BCUT2D eigenvalue weighted by molar-refractivity contribution is -0.382. The summed E-state index contributed by atoms with van der Waals surface area (Å²) in [6.45, 7) is 0. The highest BCUT2D eigenvalue weighted by atomic mass is 16.6. The van der Waals surface area contributed by atoms with Crippen LogP contribution in [0.15, 0.2) is 41.0 Å². The number of nitro benzene ring substituents is 1. The first-order chi connectivity index (χ1) is 12.7. The molecule has 0 saturated heterocycles. The first kappa shape index (κ1) is 16.3. The summed E-state index contributed by atoms with van der Waals surface area (Å²) in [6, 6.07) is 11.4. The molecule has 1 fully saturated rings. The lowest BCUT2D eigenvalue weighted by atomic mass is 9.95. The van der Waals surface area contributed by atoms with Crippen molar-refractivity contribution >= 4 is 33.8 Å². The quantitative estimate of drug-likeness (QED) is 0.509. The average Bonchev–Trinajstić information content (AvgIpc) is 3.13. The molecule has 0 amide bonds. The van der Waals surface area contributed by atoms with Crippen LogP contribution < -0.4 is 10.6 Å². The molecule has 8 heteroatoms. The van der Waals surface area contributed by atoms with Crippen LogP contribution >= 0.6 is 0 Å². The van der Waals surface area contributed by atoms with Gasteiger partial charge in [0.05, 0.1) is 10.6 Å². The predicted octanol–water partition coefficient (Wildman–Crippen LogP) is 4.62. The van der Waals surface area contributed by atoms with Gasteiger partial charge in [0, 0.05) is 11.7 Å². The summed E-state index contributed by atoms with van der Waals surface area (Å²) in [5.74, 6) is 0. The van der Waals surface area contributed by atoms with Crippen LogP contribution in [-0.2, 0) is 0 Å². The van der Waals surface area contributed by atoms with E-state index in [1.807, 2.05) is 30.3 Å². The fourth-order valence-corrected chi connectivity index (χ4v) is 3.46. The van der Waals surface area contributed by atoms with Gasteiger partial charge in [0.15, 0.2) is 5.52 Å². The van der Waals surface area contributed by atoms with Gasteiger partial charge in [-0.15, -0.1) is 0 Å². The summed E-state index contributed by atoms with van der Waals surface area (Å²) >= 11 is 0. The number of rotatable bonds is 5. The van der Waals surface area contributed by atoms with E-state index < -0.39 is 4.92 Å². The molecule has 1 aromatic heterocycles. The Morgan fingerprint density at radius 2 is 1.77 bits per heavy atom. The number of aromatic nitrogens is 2. The molecule has 1 aliphatic rings. The number of nitro groups is 1. The van der Waals surface area contributed by atoms with Crippen molar-refractivity contribution in [3.05, 3.63) is 46.5 Å². The number of para-hydroxylation sites is 1. The van der Waals surface area contributed by atoms with Crippen molar-refractivity contribution < 1.29 is 9.55 Å². The van der Waals surface area contributed by atoms with Gasteiger partial charge < -0.3 is 10.6 Å². The second kappa shape index (κ2) is 6.99. The van der Waals surface area contributed by atoms with Crippen molar-refractivity contribution in [2.45, 2.75) is 38.1 Å². The fraction of sp³-hybridized carbons (Fsp3) is 0.333.